The smallest absolute Gasteiger partial charge is 0.408 e. The molecule has 2 aromatic rings. The van der Waals surface area contributed by atoms with Gasteiger partial charge in [-0.25, -0.2) is 9.59 Å². The number of hydrogen-bond acceptors (Lipinski definition) is 6. The molecule has 3 amide bonds. The second kappa shape index (κ2) is 14.9. The summed E-state index contributed by atoms with van der Waals surface area (Å²) in [6.07, 6.45) is -0.258. The van der Waals surface area contributed by atoms with E-state index in [2.05, 4.69) is 10.6 Å². The maximum absolute atomic E-state index is 14.1. The Kier molecular flexibility index (Phi) is 11.6. The lowest BCUT2D eigenvalue weighted by Gasteiger charge is -2.34. The number of ketones is 1. The zero-order chi connectivity index (χ0) is 32.6. The highest BCUT2D eigenvalue weighted by Gasteiger charge is 2.51. The molecule has 2 aromatic carbocycles. The number of alkyl carbamates (subject to hydrolysis) is 1. The molecule has 12 heteroatoms. The van der Waals surface area contributed by atoms with E-state index in [-0.39, 0.29) is 18.9 Å². The number of rotatable bonds is 14. The van der Waals surface area contributed by atoms with E-state index in [1.165, 1.54) is 4.90 Å². The molecule has 44 heavy (non-hydrogen) atoms. The third kappa shape index (κ3) is 8.84. The van der Waals surface area contributed by atoms with Gasteiger partial charge >= 0.3 is 18.0 Å². The number of fused-ring (bicyclic) bond motifs is 1. The zero-order valence-electron chi connectivity index (χ0n) is 25.2. The van der Waals surface area contributed by atoms with E-state index in [0.29, 0.717) is 12.8 Å². The monoisotopic (exact) mass is 615 g/mol. The second-order valence-corrected chi connectivity index (χ2v) is 11.7. The normalized spacial score (nSPS) is 14.5. The Morgan fingerprint density at radius 2 is 1.50 bits per heavy atom. The molecule has 3 N–H and O–H groups in total. The van der Waals surface area contributed by atoms with Crippen LogP contribution in [0.5, 0.6) is 0 Å². The van der Waals surface area contributed by atoms with Gasteiger partial charge in [-0.1, -0.05) is 82.3 Å². The number of amides is 3. The number of Topliss-reactive ketones (excluding diaryl/α,β-unsaturated/α-hetero) is 1. The summed E-state index contributed by atoms with van der Waals surface area (Å²) in [6.45, 7) is 6.06. The summed E-state index contributed by atoms with van der Waals surface area (Å²) in [4.78, 5) is 64.9. The molecule has 0 unspecified atom stereocenters. The van der Waals surface area contributed by atoms with Gasteiger partial charge in [-0.2, -0.15) is 8.78 Å². The summed E-state index contributed by atoms with van der Waals surface area (Å²) >= 11 is 0. The number of carboxylic acid groups (broad SMARTS) is 1. The van der Waals surface area contributed by atoms with Gasteiger partial charge in [0.25, 0.3) is 0 Å². The van der Waals surface area contributed by atoms with Crippen LogP contribution < -0.4 is 10.6 Å². The molecule has 0 saturated heterocycles. The van der Waals surface area contributed by atoms with Crippen molar-refractivity contribution in [2.75, 3.05) is 6.54 Å². The number of alkyl halides is 2. The zero-order valence-corrected chi connectivity index (χ0v) is 25.2. The molecular weight excluding hydrogens is 576 g/mol. The minimum absolute atomic E-state index is 0.0258. The van der Waals surface area contributed by atoms with Crippen LogP contribution in [0.1, 0.15) is 50.8 Å². The number of nitrogens with one attached hydrogen (secondary N) is 2. The van der Waals surface area contributed by atoms with Gasteiger partial charge in [0, 0.05) is 6.04 Å². The van der Waals surface area contributed by atoms with E-state index in [4.69, 9.17) is 9.84 Å². The second-order valence-electron chi connectivity index (χ2n) is 11.7. The maximum Gasteiger partial charge on any atom is 0.408 e. The molecule has 2 atom stereocenters. The number of aliphatic carboxylic acids is 1. The van der Waals surface area contributed by atoms with Gasteiger partial charge in [-0.15, -0.1) is 0 Å². The summed E-state index contributed by atoms with van der Waals surface area (Å²) in [5.41, 5.74) is 2.69. The standard InChI is InChI=1S/C32H39F2N3O7/c1-19(2)14-25(28(39)32(33,34)30(41)42)35-26(38)17-37(24-15-22-12-8-9-13-23(22)16-24)29(40)27(20(3)4)36-31(43)44-18-21-10-6-5-7-11-21/h5-13,19-20,24-25,27H,14-18H2,1-4H3,(H,35,38)(H,36,43)(H,41,42)/t25-,27-/m0/s1. The largest absolute Gasteiger partial charge is 0.476 e. The van der Waals surface area contributed by atoms with E-state index < -0.39 is 66.2 Å². The summed E-state index contributed by atoms with van der Waals surface area (Å²) in [5, 5.41) is 13.7. The molecule has 0 aromatic heterocycles. The molecule has 0 fully saturated rings. The first kappa shape index (κ1) is 34.1. The summed E-state index contributed by atoms with van der Waals surface area (Å²) in [6, 6.07) is 13.1. The lowest BCUT2D eigenvalue weighted by molar-refractivity contribution is -0.173. The van der Waals surface area contributed by atoms with Gasteiger partial charge < -0.3 is 25.4 Å². The predicted molar refractivity (Wildman–Crippen MR) is 157 cm³/mol. The van der Waals surface area contributed by atoms with Crippen molar-refractivity contribution in [2.24, 2.45) is 11.8 Å². The molecule has 10 nitrogen and oxygen atoms in total. The Morgan fingerprint density at radius 3 is 2.02 bits per heavy atom. The van der Waals surface area contributed by atoms with Crippen LogP contribution in [-0.4, -0.2) is 70.3 Å². The third-order valence-electron chi connectivity index (χ3n) is 7.42. The Balaban J connectivity index is 1.83. The highest BCUT2D eigenvalue weighted by Crippen LogP contribution is 2.27. The minimum atomic E-state index is -4.71. The summed E-state index contributed by atoms with van der Waals surface area (Å²) in [5.74, 6) is -11.5. The third-order valence-corrected chi connectivity index (χ3v) is 7.42. The number of benzene rings is 2. The van der Waals surface area contributed by atoms with Crippen molar-refractivity contribution >= 4 is 29.7 Å². The van der Waals surface area contributed by atoms with Gasteiger partial charge in [0.2, 0.25) is 17.6 Å². The first-order valence-corrected chi connectivity index (χ1v) is 14.5. The molecule has 0 radical (unpaired) electrons. The number of carbonyl (C=O) groups is 5. The summed E-state index contributed by atoms with van der Waals surface area (Å²) < 4.78 is 33.6. The van der Waals surface area contributed by atoms with Crippen LogP contribution >= 0.6 is 0 Å². The highest BCUT2D eigenvalue weighted by atomic mass is 19.3. The van der Waals surface area contributed by atoms with Crippen LogP contribution in [0.3, 0.4) is 0 Å². The van der Waals surface area contributed by atoms with Gasteiger partial charge in [0.05, 0.1) is 12.6 Å². The Hall–Kier alpha value is -4.35. The highest BCUT2D eigenvalue weighted by molar-refractivity contribution is 6.08. The van der Waals surface area contributed by atoms with Crippen molar-refractivity contribution in [3.05, 3.63) is 71.3 Å². The van der Waals surface area contributed by atoms with Crippen LogP contribution in [-0.2, 0) is 43.4 Å². The van der Waals surface area contributed by atoms with Crippen molar-refractivity contribution < 1.29 is 42.6 Å². The van der Waals surface area contributed by atoms with Crippen LogP contribution in [0.4, 0.5) is 13.6 Å². The first-order valence-electron chi connectivity index (χ1n) is 14.5. The average molecular weight is 616 g/mol. The van der Waals surface area contributed by atoms with E-state index in [9.17, 15) is 32.8 Å². The lowest BCUT2D eigenvalue weighted by Crippen LogP contribution is -2.58. The Bertz CT molecular complexity index is 1330. The molecule has 0 bridgehead atoms. The van der Waals surface area contributed by atoms with Crippen molar-refractivity contribution in [1.29, 1.82) is 0 Å². The van der Waals surface area contributed by atoms with Crippen LogP contribution in [0, 0.1) is 11.8 Å². The molecule has 0 saturated carbocycles. The van der Waals surface area contributed by atoms with Gasteiger partial charge in [0.1, 0.15) is 12.6 Å². The maximum atomic E-state index is 14.1. The average Bonchev–Trinajstić information content (AvgIpc) is 3.40. The molecule has 1 aliphatic rings. The minimum Gasteiger partial charge on any atom is -0.476 e. The van der Waals surface area contributed by atoms with E-state index >= 15 is 0 Å². The molecule has 238 valence electrons. The van der Waals surface area contributed by atoms with Crippen molar-refractivity contribution in [1.82, 2.24) is 15.5 Å². The molecule has 0 heterocycles. The van der Waals surface area contributed by atoms with E-state index in [0.717, 1.165) is 16.7 Å². The molecule has 0 spiro atoms. The van der Waals surface area contributed by atoms with Gasteiger partial charge in [0.15, 0.2) is 0 Å². The van der Waals surface area contributed by atoms with Crippen LogP contribution in [0.2, 0.25) is 0 Å². The van der Waals surface area contributed by atoms with Crippen molar-refractivity contribution in [3.8, 4) is 0 Å². The van der Waals surface area contributed by atoms with Crippen molar-refractivity contribution in [3.63, 3.8) is 0 Å². The van der Waals surface area contributed by atoms with Gasteiger partial charge in [-0.05, 0) is 47.8 Å². The fraction of sp³-hybridized carbons (Fsp3) is 0.469. The quantitative estimate of drug-likeness (QED) is 0.275. The van der Waals surface area contributed by atoms with Crippen LogP contribution in [0.15, 0.2) is 54.6 Å². The number of ether oxygens (including phenoxy) is 1. The predicted octanol–water partition coefficient (Wildman–Crippen LogP) is 3.75. The van der Waals surface area contributed by atoms with Crippen molar-refractivity contribution in [2.45, 2.75) is 77.6 Å². The molecule has 3 rings (SSSR count). The number of carbonyl (C=O) groups excluding carboxylic acids is 4. The molecule has 1 aliphatic carbocycles. The van der Waals surface area contributed by atoms with E-state index in [1.807, 2.05) is 30.3 Å². The fourth-order valence-electron chi connectivity index (χ4n) is 5.15. The summed E-state index contributed by atoms with van der Waals surface area (Å²) in [7, 11) is 0. The molecular formula is C32H39F2N3O7. The Morgan fingerprint density at radius 1 is 0.932 bits per heavy atom. The first-order chi connectivity index (χ1) is 20.7. The number of halogens is 2. The topological polar surface area (TPSA) is 142 Å². The number of nitrogens with zero attached hydrogens (tertiary/aromatic N) is 1. The lowest BCUT2D eigenvalue weighted by atomic mass is 9.96. The number of carboxylic acids is 1. The molecule has 0 aliphatic heterocycles. The van der Waals surface area contributed by atoms with Crippen LogP contribution in [0.25, 0.3) is 0 Å². The van der Waals surface area contributed by atoms with Gasteiger partial charge in [-0.3, -0.25) is 14.4 Å². The SMILES string of the molecule is CC(C)C[C@H](NC(=O)CN(C(=O)[C@@H](NC(=O)OCc1ccccc1)C(C)C)C1Cc2ccccc2C1)C(=O)C(F)(F)C(=O)O. The number of hydrogen-bond donors (Lipinski definition) is 3. The van der Waals surface area contributed by atoms with E-state index in [1.54, 1.807) is 52.0 Å². The fourth-order valence-corrected chi connectivity index (χ4v) is 5.15. The Labute approximate surface area is 255 Å².